The van der Waals surface area contributed by atoms with Crippen LogP contribution in [-0.2, 0) is 0 Å². The van der Waals surface area contributed by atoms with Crippen LogP contribution in [0.25, 0.3) is 0 Å². The van der Waals surface area contributed by atoms with E-state index in [4.69, 9.17) is 5.26 Å². The Morgan fingerprint density at radius 3 is 3.00 bits per heavy atom. The summed E-state index contributed by atoms with van der Waals surface area (Å²) in [5.74, 6) is -0.262. The molecule has 2 aromatic rings. The number of benzene rings is 1. The Morgan fingerprint density at radius 2 is 2.35 bits per heavy atom. The van der Waals surface area contributed by atoms with Crippen LogP contribution < -0.4 is 5.32 Å². The molecule has 0 bridgehead atoms. The quantitative estimate of drug-likeness (QED) is 0.927. The molecule has 0 aliphatic rings. The van der Waals surface area contributed by atoms with Crippen LogP contribution in [0.4, 0.5) is 5.69 Å². The van der Waals surface area contributed by atoms with Gasteiger partial charge in [-0.25, -0.2) is 0 Å². The van der Waals surface area contributed by atoms with Gasteiger partial charge in [-0.1, -0.05) is 15.9 Å². The summed E-state index contributed by atoms with van der Waals surface area (Å²) in [6, 6.07) is 7.11. The number of hydrogen-bond donors (Lipinski definition) is 1. The van der Waals surface area contributed by atoms with Crippen molar-refractivity contribution in [1.82, 2.24) is 4.98 Å². The molecule has 0 saturated heterocycles. The third-order valence-electron chi connectivity index (χ3n) is 2.01. The first-order valence-electron chi connectivity index (χ1n) is 4.60. The van der Waals surface area contributed by atoms with Crippen molar-refractivity contribution in [3.05, 3.63) is 44.8 Å². The molecule has 1 aromatic heterocycles. The maximum atomic E-state index is 11.8. The summed E-state index contributed by atoms with van der Waals surface area (Å²) in [5.41, 5.74) is 2.49. The van der Waals surface area contributed by atoms with Gasteiger partial charge in [-0.3, -0.25) is 9.78 Å². The summed E-state index contributed by atoms with van der Waals surface area (Å²) in [6.45, 7) is 0. The van der Waals surface area contributed by atoms with E-state index in [1.54, 1.807) is 23.7 Å². The van der Waals surface area contributed by atoms with Crippen LogP contribution in [0.1, 0.15) is 15.2 Å². The second-order valence-corrected chi connectivity index (χ2v) is 4.92. The monoisotopic (exact) mass is 307 g/mol. The number of aromatic nitrogens is 1. The van der Waals surface area contributed by atoms with Crippen molar-refractivity contribution in [2.45, 2.75) is 0 Å². The van der Waals surface area contributed by atoms with Crippen LogP contribution >= 0.6 is 27.3 Å². The van der Waals surface area contributed by atoms with E-state index in [0.29, 0.717) is 16.1 Å². The molecule has 6 heteroatoms. The summed E-state index contributed by atoms with van der Waals surface area (Å²) < 4.78 is 0.802. The average Bonchev–Trinajstić information content (AvgIpc) is 2.83. The number of nitrogens with one attached hydrogen (secondary N) is 1. The zero-order chi connectivity index (χ0) is 12.3. The number of amides is 1. The highest BCUT2D eigenvalue weighted by atomic mass is 79.9. The van der Waals surface area contributed by atoms with E-state index in [1.807, 2.05) is 6.07 Å². The minimum atomic E-state index is -0.262. The Labute approximate surface area is 110 Å². The summed E-state index contributed by atoms with van der Waals surface area (Å²) in [4.78, 5) is 16.1. The number of nitriles is 1. The molecule has 0 radical (unpaired) electrons. The molecule has 1 N–H and O–H groups in total. The summed E-state index contributed by atoms with van der Waals surface area (Å²) >= 11 is 4.54. The number of halogens is 1. The molecule has 0 unspecified atom stereocenters. The zero-order valence-electron chi connectivity index (χ0n) is 8.48. The average molecular weight is 308 g/mol. The van der Waals surface area contributed by atoms with Gasteiger partial charge in [0.05, 0.1) is 23.0 Å². The van der Waals surface area contributed by atoms with E-state index in [1.165, 1.54) is 17.5 Å². The summed E-state index contributed by atoms with van der Waals surface area (Å²) in [5, 5.41) is 11.6. The van der Waals surface area contributed by atoms with E-state index in [2.05, 4.69) is 26.2 Å². The minimum absolute atomic E-state index is 0.262. The first-order valence-corrected chi connectivity index (χ1v) is 6.27. The number of nitrogens with zero attached hydrogens (tertiary/aromatic N) is 2. The van der Waals surface area contributed by atoms with Crippen molar-refractivity contribution in [3.63, 3.8) is 0 Å². The molecule has 0 aliphatic carbocycles. The molecule has 1 aromatic carbocycles. The third kappa shape index (κ3) is 2.70. The lowest BCUT2D eigenvalue weighted by Gasteiger charge is -2.05. The molecule has 0 aliphatic heterocycles. The van der Waals surface area contributed by atoms with E-state index in [-0.39, 0.29) is 5.91 Å². The largest absolute Gasteiger partial charge is 0.320 e. The normalized spacial score (nSPS) is 9.65. The summed E-state index contributed by atoms with van der Waals surface area (Å²) in [6.07, 6.45) is 1.49. The van der Waals surface area contributed by atoms with Crippen molar-refractivity contribution < 1.29 is 4.79 Å². The van der Waals surface area contributed by atoms with Gasteiger partial charge in [-0.15, -0.1) is 11.3 Å². The van der Waals surface area contributed by atoms with E-state index >= 15 is 0 Å². The van der Waals surface area contributed by atoms with Gasteiger partial charge in [-0.2, -0.15) is 5.26 Å². The first-order chi connectivity index (χ1) is 8.20. The second kappa shape index (κ2) is 5.08. The van der Waals surface area contributed by atoms with Crippen molar-refractivity contribution in [3.8, 4) is 6.07 Å². The standard InChI is InChI=1S/C11H6BrN3OS/c12-8-2-1-7(4-13)9(3-8)15-11(16)10-5-14-6-17-10/h1-3,5-6H,(H,15,16). The van der Waals surface area contributed by atoms with E-state index in [0.717, 1.165) is 4.47 Å². The molecular weight excluding hydrogens is 302 g/mol. The lowest BCUT2D eigenvalue weighted by molar-refractivity contribution is 0.103. The molecule has 0 atom stereocenters. The van der Waals surface area contributed by atoms with Crippen LogP contribution in [0.3, 0.4) is 0 Å². The molecule has 0 fully saturated rings. The van der Waals surface area contributed by atoms with Crippen molar-refractivity contribution in [2.75, 3.05) is 5.32 Å². The predicted octanol–water partition coefficient (Wildman–Crippen LogP) is 3.03. The second-order valence-electron chi connectivity index (χ2n) is 3.12. The van der Waals surface area contributed by atoms with Crippen molar-refractivity contribution in [1.29, 1.82) is 5.26 Å². The molecule has 17 heavy (non-hydrogen) atoms. The van der Waals surface area contributed by atoms with Gasteiger partial charge in [-0.05, 0) is 18.2 Å². The third-order valence-corrected chi connectivity index (χ3v) is 3.27. The Balaban J connectivity index is 2.27. The minimum Gasteiger partial charge on any atom is -0.320 e. The lowest BCUT2D eigenvalue weighted by Crippen LogP contribution is -2.11. The number of rotatable bonds is 2. The molecule has 84 valence electrons. The van der Waals surface area contributed by atoms with Gasteiger partial charge in [0.15, 0.2) is 0 Å². The van der Waals surface area contributed by atoms with Crippen LogP contribution in [-0.4, -0.2) is 10.9 Å². The maximum Gasteiger partial charge on any atom is 0.267 e. The fraction of sp³-hybridized carbons (Fsp3) is 0. The Morgan fingerprint density at radius 1 is 1.53 bits per heavy atom. The van der Waals surface area contributed by atoms with Gasteiger partial charge in [0.2, 0.25) is 0 Å². The molecular formula is C11H6BrN3OS. The van der Waals surface area contributed by atoms with Crippen molar-refractivity contribution in [2.24, 2.45) is 0 Å². The van der Waals surface area contributed by atoms with Gasteiger partial charge < -0.3 is 5.32 Å². The summed E-state index contributed by atoms with van der Waals surface area (Å²) in [7, 11) is 0. The van der Waals surface area contributed by atoms with Gasteiger partial charge in [0, 0.05) is 4.47 Å². The smallest absolute Gasteiger partial charge is 0.267 e. The fourth-order valence-corrected chi connectivity index (χ4v) is 2.11. The number of thiazole rings is 1. The topological polar surface area (TPSA) is 65.8 Å². The molecule has 1 amide bonds. The molecule has 4 nitrogen and oxygen atoms in total. The highest BCUT2D eigenvalue weighted by molar-refractivity contribution is 9.10. The van der Waals surface area contributed by atoms with Crippen LogP contribution in [0, 0.1) is 11.3 Å². The number of anilines is 1. The van der Waals surface area contributed by atoms with E-state index < -0.39 is 0 Å². The lowest BCUT2D eigenvalue weighted by atomic mass is 10.2. The highest BCUT2D eigenvalue weighted by Crippen LogP contribution is 2.21. The predicted molar refractivity (Wildman–Crippen MR) is 68.9 cm³/mol. The highest BCUT2D eigenvalue weighted by Gasteiger charge is 2.10. The maximum absolute atomic E-state index is 11.8. The molecule has 0 saturated carbocycles. The number of carbonyl (C=O) groups excluding carboxylic acids is 1. The zero-order valence-corrected chi connectivity index (χ0v) is 10.9. The Bertz CT molecular complexity index is 589. The molecule has 2 rings (SSSR count). The van der Waals surface area contributed by atoms with Crippen LogP contribution in [0.5, 0.6) is 0 Å². The Kier molecular flexibility index (Phi) is 3.52. The first kappa shape index (κ1) is 11.8. The van der Waals surface area contributed by atoms with Gasteiger partial charge >= 0.3 is 0 Å². The van der Waals surface area contributed by atoms with Gasteiger partial charge in [0.25, 0.3) is 5.91 Å². The van der Waals surface area contributed by atoms with Crippen molar-refractivity contribution >= 4 is 38.9 Å². The van der Waals surface area contributed by atoms with Crippen LogP contribution in [0.2, 0.25) is 0 Å². The SMILES string of the molecule is N#Cc1ccc(Br)cc1NC(=O)c1cncs1. The van der Waals surface area contributed by atoms with Crippen LogP contribution in [0.15, 0.2) is 34.4 Å². The molecule has 0 spiro atoms. The number of carbonyl (C=O) groups is 1. The fourth-order valence-electron chi connectivity index (χ4n) is 1.23. The Hall–Kier alpha value is -1.71. The molecule has 1 heterocycles. The number of hydrogen-bond acceptors (Lipinski definition) is 4. The van der Waals surface area contributed by atoms with E-state index in [9.17, 15) is 4.79 Å². The van der Waals surface area contributed by atoms with Gasteiger partial charge in [0.1, 0.15) is 10.9 Å².